The van der Waals surface area contributed by atoms with Gasteiger partial charge in [-0.1, -0.05) is 23.7 Å². The van der Waals surface area contributed by atoms with Crippen LogP contribution in [0.2, 0.25) is 5.02 Å². The minimum absolute atomic E-state index is 0. The molecule has 0 aliphatic rings. The molecule has 0 saturated heterocycles. The van der Waals surface area contributed by atoms with Crippen molar-refractivity contribution in [3.8, 4) is 0 Å². The van der Waals surface area contributed by atoms with Gasteiger partial charge in [-0.2, -0.15) is 13.5 Å². The lowest BCUT2D eigenvalue weighted by atomic mass is 10.4. The fourth-order valence-corrected chi connectivity index (χ4v) is 0.748. The first-order valence-electron chi connectivity index (χ1n) is 2.24. The molecule has 0 heterocycles. The minimum Gasteiger partial charge on any atom is -0.197 e. The number of halogens is 1. The zero-order chi connectivity index (χ0) is 5.98. The predicted octanol–water partition coefficient (Wildman–Crippen LogP) is 2.74. The molecule has 0 bridgehead atoms. The molecule has 1 aromatic carbocycles. The zero-order valence-corrected chi connectivity index (χ0v) is 7.28. The summed E-state index contributed by atoms with van der Waals surface area (Å²) in [5.74, 6) is 0. The Balaban J connectivity index is 0.000000640. The molecule has 0 aliphatic carbocycles. The Morgan fingerprint density at radius 1 is 1.22 bits per heavy atom. The van der Waals surface area contributed by atoms with Crippen molar-refractivity contribution in [2.24, 2.45) is 0 Å². The van der Waals surface area contributed by atoms with E-state index in [2.05, 4.69) is 12.6 Å². The fraction of sp³-hybridized carbons (Fsp3) is 0. The standard InChI is InChI=1S/C6H5ClS.H2S/c7-5-3-1-2-4-6(5)8;/h1-4,8H;1H2. The molecule has 3 heteroatoms. The quantitative estimate of drug-likeness (QED) is 0.581. The third kappa shape index (κ3) is 2.52. The van der Waals surface area contributed by atoms with E-state index in [9.17, 15) is 0 Å². The van der Waals surface area contributed by atoms with Gasteiger partial charge in [0.25, 0.3) is 0 Å². The van der Waals surface area contributed by atoms with Crippen molar-refractivity contribution in [1.82, 2.24) is 0 Å². The third-order valence-corrected chi connectivity index (χ3v) is 1.70. The van der Waals surface area contributed by atoms with Crippen LogP contribution in [0, 0.1) is 0 Å². The second-order valence-corrected chi connectivity index (χ2v) is 2.34. The predicted molar refractivity (Wildman–Crippen MR) is 49.1 cm³/mol. The maximum atomic E-state index is 5.63. The van der Waals surface area contributed by atoms with Gasteiger partial charge in [0.05, 0.1) is 5.02 Å². The van der Waals surface area contributed by atoms with Gasteiger partial charge in [0, 0.05) is 4.90 Å². The highest BCUT2D eigenvalue weighted by molar-refractivity contribution is 7.80. The van der Waals surface area contributed by atoms with Crippen LogP contribution in [-0.2, 0) is 0 Å². The smallest absolute Gasteiger partial charge is 0.0539 e. The topological polar surface area (TPSA) is 0 Å². The minimum atomic E-state index is 0. The molecule has 1 rings (SSSR count). The number of rotatable bonds is 0. The normalized spacial score (nSPS) is 8.22. The first kappa shape index (κ1) is 9.21. The van der Waals surface area contributed by atoms with Gasteiger partial charge in [-0.25, -0.2) is 0 Å². The number of hydrogen-bond donors (Lipinski definition) is 1. The Morgan fingerprint density at radius 3 is 2.11 bits per heavy atom. The van der Waals surface area contributed by atoms with Gasteiger partial charge in [0.1, 0.15) is 0 Å². The average Bonchev–Trinajstić information content (AvgIpc) is 1.77. The molecular weight excluding hydrogens is 172 g/mol. The highest BCUT2D eigenvalue weighted by Crippen LogP contribution is 2.17. The lowest BCUT2D eigenvalue weighted by Gasteiger charge is -1.90. The van der Waals surface area contributed by atoms with Crippen molar-refractivity contribution < 1.29 is 0 Å². The van der Waals surface area contributed by atoms with Crippen molar-refractivity contribution in [3.05, 3.63) is 29.3 Å². The second kappa shape index (κ2) is 4.09. The molecule has 0 aromatic heterocycles. The summed E-state index contributed by atoms with van der Waals surface area (Å²) in [5.41, 5.74) is 0. The first-order chi connectivity index (χ1) is 3.80. The summed E-state index contributed by atoms with van der Waals surface area (Å²) in [5, 5.41) is 0.704. The van der Waals surface area contributed by atoms with Crippen LogP contribution in [0.25, 0.3) is 0 Å². The molecule has 0 atom stereocenters. The fourth-order valence-electron chi connectivity index (χ4n) is 0.452. The molecular formula is C6H7ClS2. The molecule has 0 radical (unpaired) electrons. The number of thiol groups is 1. The van der Waals surface area contributed by atoms with E-state index in [0.717, 1.165) is 4.90 Å². The first-order valence-corrected chi connectivity index (χ1v) is 3.07. The van der Waals surface area contributed by atoms with Crippen LogP contribution in [0.4, 0.5) is 0 Å². The van der Waals surface area contributed by atoms with Crippen LogP contribution in [0.5, 0.6) is 0 Å². The van der Waals surface area contributed by atoms with Crippen molar-refractivity contribution >= 4 is 37.7 Å². The van der Waals surface area contributed by atoms with E-state index in [0.29, 0.717) is 5.02 Å². The zero-order valence-electron chi connectivity index (χ0n) is 4.63. The van der Waals surface area contributed by atoms with E-state index in [4.69, 9.17) is 11.6 Å². The van der Waals surface area contributed by atoms with Crippen LogP contribution in [0.1, 0.15) is 0 Å². The van der Waals surface area contributed by atoms with Crippen molar-refractivity contribution in [3.63, 3.8) is 0 Å². The third-order valence-electron chi connectivity index (χ3n) is 0.852. The molecule has 0 unspecified atom stereocenters. The summed E-state index contributed by atoms with van der Waals surface area (Å²) < 4.78 is 0. The monoisotopic (exact) mass is 178 g/mol. The Hall–Kier alpha value is 0.210. The van der Waals surface area contributed by atoms with Gasteiger partial charge >= 0.3 is 0 Å². The van der Waals surface area contributed by atoms with Crippen LogP contribution >= 0.6 is 37.7 Å². The largest absolute Gasteiger partial charge is 0.197 e. The van der Waals surface area contributed by atoms with Gasteiger partial charge in [-0.15, -0.1) is 12.6 Å². The molecule has 0 fully saturated rings. The Labute approximate surface area is 72.1 Å². The maximum absolute atomic E-state index is 5.63. The van der Waals surface area contributed by atoms with E-state index in [-0.39, 0.29) is 13.5 Å². The van der Waals surface area contributed by atoms with E-state index in [1.54, 1.807) is 0 Å². The second-order valence-electron chi connectivity index (χ2n) is 1.45. The van der Waals surface area contributed by atoms with E-state index in [1.165, 1.54) is 0 Å². The number of hydrogen-bond acceptors (Lipinski definition) is 1. The molecule has 9 heavy (non-hydrogen) atoms. The highest BCUT2D eigenvalue weighted by Gasteiger charge is 1.87. The van der Waals surface area contributed by atoms with Crippen molar-refractivity contribution in [2.45, 2.75) is 4.90 Å². The van der Waals surface area contributed by atoms with Gasteiger partial charge in [-0.3, -0.25) is 0 Å². The molecule has 0 aliphatic heterocycles. The van der Waals surface area contributed by atoms with E-state index in [1.807, 2.05) is 24.3 Å². The van der Waals surface area contributed by atoms with Crippen LogP contribution < -0.4 is 0 Å². The Bertz CT molecular complexity index is 167. The summed E-state index contributed by atoms with van der Waals surface area (Å²) in [6.07, 6.45) is 0. The maximum Gasteiger partial charge on any atom is 0.0539 e. The number of benzene rings is 1. The molecule has 1 aromatic rings. The summed E-state index contributed by atoms with van der Waals surface area (Å²) >= 11 is 9.70. The molecule has 0 saturated carbocycles. The van der Waals surface area contributed by atoms with Crippen molar-refractivity contribution in [2.75, 3.05) is 0 Å². The summed E-state index contributed by atoms with van der Waals surface area (Å²) in [6.45, 7) is 0. The Morgan fingerprint density at radius 2 is 1.78 bits per heavy atom. The Kier molecular flexibility index (Phi) is 4.19. The van der Waals surface area contributed by atoms with Crippen LogP contribution in [-0.4, -0.2) is 0 Å². The molecule has 0 spiro atoms. The lowest BCUT2D eigenvalue weighted by molar-refractivity contribution is 1.48. The summed E-state index contributed by atoms with van der Waals surface area (Å²) in [6, 6.07) is 7.44. The highest BCUT2D eigenvalue weighted by atomic mass is 35.5. The van der Waals surface area contributed by atoms with E-state index >= 15 is 0 Å². The molecule has 0 N–H and O–H groups in total. The summed E-state index contributed by atoms with van der Waals surface area (Å²) in [4.78, 5) is 0.828. The van der Waals surface area contributed by atoms with Crippen molar-refractivity contribution in [1.29, 1.82) is 0 Å². The van der Waals surface area contributed by atoms with Gasteiger partial charge < -0.3 is 0 Å². The SMILES string of the molecule is S.Sc1ccccc1Cl. The lowest BCUT2D eigenvalue weighted by Crippen LogP contribution is -1.63. The van der Waals surface area contributed by atoms with Gasteiger partial charge in [0.15, 0.2) is 0 Å². The van der Waals surface area contributed by atoms with Crippen LogP contribution in [0.3, 0.4) is 0 Å². The average molecular weight is 179 g/mol. The van der Waals surface area contributed by atoms with Gasteiger partial charge in [-0.05, 0) is 12.1 Å². The van der Waals surface area contributed by atoms with Crippen LogP contribution in [0.15, 0.2) is 29.2 Å². The summed E-state index contributed by atoms with van der Waals surface area (Å²) in [7, 11) is 0. The molecule has 50 valence electrons. The molecule has 0 amide bonds. The van der Waals surface area contributed by atoms with Gasteiger partial charge in [0.2, 0.25) is 0 Å². The molecule has 0 nitrogen and oxygen atoms in total. The van der Waals surface area contributed by atoms with E-state index < -0.39 is 0 Å².